The number of aliphatic hydroxyl groups is 1. The van der Waals surface area contributed by atoms with E-state index in [0.29, 0.717) is 30.5 Å². The van der Waals surface area contributed by atoms with Gasteiger partial charge >= 0.3 is 0 Å². The van der Waals surface area contributed by atoms with E-state index in [1.165, 1.54) is 0 Å². The van der Waals surface area contributed by atoms with Crippen molar-refractivity contribution in [3.63, 3.8) is 0 Å². The summed E-state index contributed by atoms with van der Waals surface area (Å²) in [5, 5.41) is 13.8. The molecule has 1 aliphatic carbocycles. The van der Waals surface area contributed by atoms with Gasteiger partial charge in [-0.15, -0.1) is 0 Å². The summed E-state index contributed by atoms with van der Waals surface area (Å²) >= 11 is 0. The van der Waals surface area contributed by atoms with Crippen molar-refractivity contribution in [2.45, 2.75) is 38.2 Å². The van der Waals surface area contributed by atoms with Gasteiger partial charge in [0.25, 0.3) is 5.91 Å². The maximum absolute atomic E-state index is 12.1. The molecule has 1 aromatic rings. The largest absolute Gasteiger partial charge is 0.390 e. The fourth-order valence-corrected chi connectivity index (χ4v) is 2.79. The summed E-state index contributed by atoms with van der Waals surface area (Å²) in [6.07, 6.45) is 3.63. The first-order valence-corrected chi connectivity index (χ1v) is 6.53. The highest BCUT2D eigenvalue weighted by Crippen LogP contribution is 2.46. The van der Waals surface area contributed by atoms with Crippen LogP contribution in [0.15, 0.2) is 10.6 Å². The average Bonchev–Trinajstić information content (AvgIpc) is 2.98. The lowest BCUT2D eigenvalue weighted by Crippen LogP contribution is -2.42. The molecule has 1 aliphatic heterocycles. The third-order valence-corrected chi connectivity index (χ3v) is 4.15. The third-order valence-electron chi connectivity index (χ3n) is 4.15. The van der Waals surface area contributed by atoms with Gasteiger partial charge in [0.2, 0.25) is 0 Å². The predicted molar refractivity (Wildman–Crippen MR) is 64.1 cm³/mol. The highest BCUT2D eigenvalue weighted by atomic mass is 16.5. The van der Waals surface area contributed by atoms with Crippen LogP contribution < -0.4 is 0 Å². The minimum Gasteiger partial charge on any atom is -0.390 e. The summed E-state index contributed by atoms with van der Waals surface area (Å²) in [6, 6.07) is 1.67. The first kappa shape index (κ1) is 11.7. The van der Waals surface area contributed by atoms with Crippen molar-refractivity contribution in [3.8, 4) is 0 Å². The van der Waals surface area contributed by atoms with Gasteiger partial charge in [-0.25, -0.2) is 0 Å². The molecule has 1 aromatic heterocycles. The van der Waals surface area contributed by atoms with E-state index in [9.17, 15) is 9.90 Å². The van der Waals surface area contributed by atoms with Crippen molar-refractivity contribution < 1.29 is 14.4 Å². The molecule has 18 heavy (non-hydrogen) atoms. The van der Waals surface area contributed by atoms with Gasteiger partial charge < -0.3 is 14.5 Å². The number of aromatic nitrogens is 1. The fourth-order valence-electron chi connectivity index (χ4n) is 2.79. The van der Waals surface area contributed by atoms with Crippen molar-refractivity contribution in [1.82, 2.24) is 10.1 Å². The lowest BCUT2D eigenvalue weighted by atomic mass is 9.89. The number of aryl methyl sites for hydroxylation is 1. The number of hydrogen-bond donors (Lipinski definition) is 1. The Morgan fingerprint density at radius 1 is 1.50 bits per heavy atom. The van der Waals surface area contributed by atoms with E-state index in [0.717, 1.165) is 25.7 Å². The number of carbonyl (C=O) groups is 1. The molecule has 2 heterocycles. The molecule has 1 saturated heterocycles. The number of amides is 1. The molecule has 98 valence electrons. The molecular formula is C13H18N2O3. The smallest absolute Gasteiger partial charge is 0.276 e. The Hall–Kier alpha value is -1.36. The normalized spacial score (nSPS) is 23.1. The van der Waals surface area contributed by atoms with Gasteiger partial charge in [0.05, 0.1) is 5.60 Å². The molecule has 5 nitrogen and oxygen atoms in total. The Kier molecular flexibility index (Phi) is 2.66. The van der Waals surface area contributed by atoms with Gasteiger partial charge in [0.15, 0.2) is 5.69 Å². The van der Waals surface area contributed by atoms with Crippen LogP contribution >= 0.6 is 0 Å². The zero-order chi connectivity index (χ0) is 12.8. The van der Waals surface area contributed by atoms with Crippen molar-refractivity contribution in [3.05, 3.63) is 17.5 Å². The molecule has 0 atom stereocenters. The van der Waals surface area contributed by atoms with E-state index in [1.54, 1.807) is 17.9 Å². The van der Waals surface area contributed by atoms with E-state index in [1.807, 2.05) is 0 Å². The van der Waals surface area contributed by atoms with Crippen LogP contribution in [0.5, 0.6) is 0 Å². The highest BCUT2D eigenvalue weighted by Gasteiger charge is 2.48. The van der Waals surface area contributed by atoms with Crippen LogP contribution in [-0.4, -0.2) is 39.8 Å². The molecule has 0 radical (unpaired) electrons. The first-order valence-electron chi connectivity index (χ1n) is 6.53. The minimum absolute atomic E-state index is 0.0620. The van der Waals surface area contributed by atoms with Crippen LogP contribution in [0, 0.1) is 12.8 Å². The van der Waals surface area contributed by atoms with Crippen molar-refractivity contribution in [2.24, 2.45) is 5.92 Å². The molecule has 2 aliphatic rings. The SMILES string of the molecule is Cc1cc(C(=O)N2CCC(C3(O)CC3)CC2)no1. The minimum atomic E-state index is -0.417. The number of likely N-dealkylation sites (tertiary alicyclic amines) is 1. The topological polar surface area (TPSA) is 66.6 Å². The van der Waals surface area contributed by atoms with Gasteiger partial charge in [-0.05, 0) is 38.5 Å². The summed E-state index contributed by atoms with van der Waals surface area (Å²) in [5.41, 5.74) is -0.0318. The Morgan fingerprint density at radius 2 is 2.17 bits per heavy atom. The molecule has 3 rings (SSSR count). The molecular weight excluding hydrogens is 232 g/mol. The average molecular weight is 250 g/mol. The van der Waals surface area contributed by atoms with E-state index in [-0.39, 0.29) is 5.91 Å². The van der Waals surface area contributed by atoms with Crippen LogP contribution in [0.3, 0.4) is 0 Å². The zero-order valence-electron chi connectivity index (χ0n) is 10.6. The van der Waals surface area contributed by atoms with Crippen LogP contribution in [0.2, 0.25) is 0 Å². The highest BCUT2D eigenvalue weighted by molar-refractivity contribution is 5.92. The number of piperidine rings is 1. The lowest BCUT2D eigenvalue weighted by molar-refractivity contribution is 0.0336. The van der Waals surface area contributed by atoms with Gasteiger partial charge in [-0.3, -0.25) is 4.79 Å². The Bertz CT molecular complexity index is 457. The summed E-state index contributed by atoms with van der Waals surface area (Å²) in [7, 11) is 0. The molecule has 5 heteroatoms. The van der Waals surface area contributed by atoms with Crippen molar-refractivity contribution >= 4 is 5.91 Å². The molecule has 0 aromatic carbocycles. The monoisotopic (exact) mass is 250 g/mol. The second-order valence-corrected chi connectivity index (χ2v) is 5.49. The van der Waals surface area contributed by atoms with Crippen LogP contribution in [-0.2, 0) is 0 Å². The second kappa shape index (κ2) is 4.09. The van der Waals surface area contributed by atoms with Crippen LogP contribution in [0.4, 0.5) is 0 Å². The molecule has 0 bridgehead atoms. The standard InChI is InChI=1S/C13H18N2O3/c1-9-8-11(14-18-9)12(16)15-6-2-10(3-7-15)13(17)4-5-13/h8,10,17H,2-7H2,1H3. The van der Waals surface area contributed by atoms with E-state index < -0.39 is 5.60 Å². The van der Waals surface area contributed by atoms with E-state index >= 15 is 0 Å². The number of hydrogen-bond acceptors (Lipinski definition) is 4. The maximum atomic E-state index is 12.1. The molecule has 1 saturated carbocycles. The molecule has 2 fully saturated rings. The molecule has 0 spiro atoms. The zero-order valence-corrected chi connectivity index (χ0v) is 10.6. The first-order chi connectivity index (χ1) is 8.58. The predicted octanol–water partition coefficient (Wildman–Crippen LogP) is 1.36. The number of carbonyl (C=O) groups excluding carboxylic acids is 1. The Morgan fingerprint density at radius 3 is 2.67 bits per heavy atom. The molecule has 0 unspecified atom stereocenters. The molecule has 1 N–H and O–H groups in total. The summed E-state index contributed by atoms with van der Waals surface area (Å²) in [4.78, 5) is 13.9. The van der Waals surface area contributed by atoms with E-state index in [4.69, 9.17) is 4.52 Å². The van der Waals surface area contributed by atoms with Gasteiger partial charge in [-0.1, -0.05) is 5.16 Å². The third kappa shape index (κ3) is 2.03. The van der Waals surface area contributed by atoms with Crippen LogP contribution in [0.1, 0.15) is 41.9 Å². The number of nitrogens with zero attached hydrogens (tertiary/aromatic N) is 2. The van der Waals surface area contributed by atoms with Crippen molar-refractivity contribution in [1.29, 1.82) is 0 Å². The maximum Gasteiger partial charge on any atom is 0.276 e. The van der Waals surface area contributed by atoms with Gasteiger partial charge in [-0.2, -0.15) is 0 Å². The fraction of sp³-hybridized carbons (Fsp3) is 0.692. The lowest BCUT2D eigenvalue weighted by Gasteiger charge is -2.34. The molecule has 1 amide bonds. The summed E-state index contributed by atoms with van der Waals surface area (Å²) in [6.45, 7) is 3.19. The summed E-state index contributed by atoms with van der Waals surface area (Å²) < 4.78 is 4.92. The van der Waals surface area contributed by atoms with Crippen molar-refractivity contribution in [2.75, 3.05) is 13.1 Å². The second-order valence-electron chi connectivity index (χ2n) is 5.49. The van der Waals surface area contributed by atoms with E-state index in [2.05, 4.69) is 5.16 Å². The van der Waals surface area contributed by atoms with Crippen LogP contribution in [0.25, 0.3) is 0 Å². The number of rotatable bonds is 2. The van der Waals surface area contributed by atoms with Gasteiger partial charge in [0.1, 0.15) is 5.76 Å². The Labute approximate surface area is 106 Å². The quantitative estimate of drug-likeness (QED) is 0.860. The van der Waals surface area contributed by atoms with Gasteiger partial charge in [0, 0.05) is 19.2 Å². The Balaban J connectivity index is 1.61. The summed E-state index contributed by atoms with van der Waals surface area (Å²) in [5.74, 6) is 0.953.